The highest BCUT2D eigenvalue weighted by molar-refractivity contribution is 7.09. The number of hydrogen-bond donors (Lipinski definition) is 0. The van der Waals surface area contributed by atoms with Crippen LogP contribution in [-0.2, 0) is 10.2 Å². The molecule has 0 bridgehead atoms. The van der Waals surface area contributed by atoms with Gasteiger partial charge in [-0.3, -0.25) is 4.79 Å². The number of amides is 1. The number of nitrogens with zero attached hydrogens (tertiary/aromatic N) is 2. The maximum Gasteiger partial charge on any atom is 0.246 e. The molecule has 0 aliphatic carbocycles. The van der Waals surface area contributed by atoms with Crippen LogP contribution in [0.25, 0.3) is 0 Å². The number of alkyl halides is 1. The first kappa shape index (κ1) is 14.8. The van der Waals surface area contributed by atoms with Crippen molar-refractivity contribution in [3.8, 4) is 0 Å². The molecule has 5 heteroatoms. The third-order valence-electron chi connectivity index (χ3n) is 3.31. The zero-order chi connectivity index (χ0) is 14.0. The van der Waals surface area contributed by atoms with Crippen LogP contribution in [0.1, 0.15) is 56.1 Å². The molecule has 1 atom stereocenters. The van der Waals surface area contributed by atoms with E-state index in [-0.39, 0.29) is 11.3 Å². The van der Waals surface area contributed by atoms with Crippen molar-refractivity contribution in [2.24, 2.45) is 0 Å². The van der Waals surface area contributed by atoms with Crippen molar-refractivity contribution in [2.75, 3.05) is 13.1 Å². The highest BCUT2D eigenvalue weighted by Crippen LogP contribution is 2.31. The molecule has 1 aliphatic heterocycles. The van der Waals surface area contributed by atoms with E-state index < -0.39 is 5.38 Å². The molecule has 3 nitrogen and oxygen atoms in total. The second-order valence-electron chi connectivity index (χ2n) is 6.08. The van der Waals surface area contributed by atoms with Crippen molar-refractivity contribution >= 4 is 28.8 Å². The fraction of sp³-hybridized carbons (Fsp3) is 0.714. The van der Waals surface area contributed by atoms with E-state index in [9.17, 15) is 4.79 Å². The minimum absolute atomic E-state index is 0.00660. The van der Waals surface area contributed by atoms with Gasteiger partial charge in [0.25, 0.3) is 0 Å². The molecule has 19 heavy (non-hydrogen) atoms. The number of rotatable bonds is 2. The van der Waals surface area contributed by atoms with Gasteiger partial charge in [0, 0.05) is 23.9 Å². The van der Waals surface area contributed by atoms with Gasteiger partial charge in [0.05, 0.1) is 10.7 Å². The second kappa shape index (κ2) is 5.80. The van der Waals surface area contributed by atoms with Gasteiger partial charge in [0.1, 0.15) is 0 Å². The lowest BCUT2D eigenvalue weighted by molar-refractivity contribution is -0.131. The Morgan fingerprint density at radius 2 is 2.00 bits per heavy atom. The SMILES string of the molecule is CC(C)(C)c1nc(C(Cl)C(=O)N2CCCCC2)cs1. The lowest BCUT2D eigenvalue weighted by Gasteiger charge is -2.28. The van der Waals surface area contributed by atoms with Gasteiger partial charge in [-0.15, -0.1) is 22.9 Å². The standard InChI is InChI=1S/C14H21ClN2OS/c1-14(2,3)13-16-10(9-19-13)11(15)12(18)17-7-5-4-6-8-17/h9,11H,4-8H2,1-3H3. The highest BCUT2D eigenvalue weighted by atomic mass is 35.5. The summed E-state index contributed by atoms with van der Waals surface area (Å²) in [6.45, 7) is 8.01. The molecule has 1 fully saturated rings. The number of likely N-dealkylation sites (tertiary alicyclic amines) is 1. The summed E-state index contributed by atoms with van der Waals surface area (Å²) >= 11 is 7.89. The van der Waals surface area contributed by atoms with E-state index in [1.54, 1.807) is 11.3 Å². The number of aromatic nitrogens is 1. The van der Waals surface area contributed by atoms with Gasteiger partial charge < -0.3 is 4.90 Å². The minimum Gasteiger partial charge on any atom is -0.341 e. The van der Waals surface area contributed by atoms with Crippen LogP contribution < -0.4 is 0 Å². The van der Waals surface area contributed by atoms with Crippen molar-refractivity contribution in [2.45, 2.75) is 50.8 Å². The van der Waals surface area contributed by atoms with Crippen molar-refractivity contribution in [3.63, 3.8) is 0 Å². The third kappa shape index (κ3) is 3.48. The Hall–Kier alpha value is -0.610. The van der Waals surface area contributed by atoms with E-state index in [4.69, 9.17) is 11.6 Å². The Morgan fingerprint density at radius 3 is 2.53 bits per heavy atom. The highest BCUT2D eigenvalue weighted by Gasteiger charge is 2.28. The molecule has 1 aromatic heterocycles. The molecule has 1 saturated heterocycles. The summed E-state index contributed by atoms with van der Waals surface area (Å²) in [5.74, 6) is 0.00660. The molecule has 1 aromatic rings. The monoisotopic (exact) mass is 300 g/mol. The van der Waals surface area contributed by atoms with Crippen molar-refractivity contribution < 1.29 is 4.79 Å². The van der Waals surface area contributed by atoms with Crippen LogP contribution in [0, 0.1) is 0 Å². The maximum absolute atomic E-state index is 12.3. The number of piperidine rings is 1. The van der Waals surface area contributed by atoms with Crippen LogP contribution in [0.2, 0.25) is 0 Å². The first-order valence-corrected chi connectivity index (χ1v) is 8.10. The topological polar surface area (TPSA) is 33.2 Å². The molecule has 1 unspecified atom stereocenters. The van der Waals surface area contributed by atoms with Gasteiger partial charge in [-0.05, 0) is 19.3 Å². The van der Waals surface area contributed by atoms with Gasteiger partial charge in [-0.25, -0.2) is 4.98 Å². The number of thiazole rings is 1. The van der Waals surface area contributed by atoms with Crippen LogP contribution in [0.5, 0.6) is 0 Å². The summed E-state index contributed by atoms with van der Waals surface area (Å²) in [6, 6.07) is 0. The smallest absolute Gasteiger partial charge is 0.246 e. The predicted molar refractivity (Wildman–Crippen MR) is 79.8 cm³/mol. The molecule has 1 amide bonds. The number of hydrogen-bond acceptors (Lipinski definition) is 3. The summed E-state index contributed by atoms with van der Waals surface area (Å²) in [5.41, 5.74) is 0.709. The molecule has 0 radical (unpaired) electrons. The van der Waals surface area contributed by atoms with Gasteiger partial charge in [-0.2, -0.15) is 0 Å². The summed E-state index contributed by atoms with van der Waals surface area (Å²) < 4.78 is 0. The molecule has 0 N–H and O–H groups in total. The summed E-state index contributed by atoms with van der Waals surface area (Å²) in [5, 5.41) is 2.31. The molecular weight excluding hydrogens is 280 g/mol. The van der Waals surface area contributed by atoms with E-state index in [0.29, 0.717) is 5.69 Å². The summed E-state index contributed by atoms with van der Waals surface area (Å²) in [6.07, 6.45) is 3.38. The van der Waals surface area contributed by atoms with Crippen molar-refractivity contribution in [3.05, 3.63) is 16.1 Å². The molecule has 106 valence electrons. The van der Waals surface area contributed by atoms with E-state index in [0.717, 1.165) is 30.9 Å². The first-order valence-electron chi connectivity index (χ1n) is 6.78. The Kier molecular flexibility index (Phi) is 4.51. The predicted octanol–water partition coefficient (Wildman–Crippen LogP) is 3.73. The van der Waals surface area contributed by atoms with E-state index in [1.807, 2.05) is 10.3 Å². The second-order valence-corrected chi connectivity index (χ2v) is 7.37. The molecule has 0 spiro atoms. The average molecular weight is 301 g/mol. The quantitative estimate of drug-likeness (QED) is 0.780. The Labute approximate surface area is 124 Å². The van der Waals surface area contributed by atoms with E-state index in [2.05, 4.69) is 25.8 Å². The molecule has 2 heterocycles. The zero-order valence-corrected chi connectivity index (χ0v) is 13.4. The van der Waals surface area contributed by atoms with Crippen molar-refractivity contribution in [1.82, 2.24) is 9.88 Å². The van der Waals surface area contributed by atoms with Gasteiger partial charge in [0.15, 0.2) is 5.38 Å². The first-order chi connectivity index (χ1) is 8.89. The lowest BCUT2D eigenvalue weighted by atomic mass is 9.98. The molecule has 0 saturated carbocycles. The van der Waals surface area contributed by atoms with Gasteiger partial charge in [0.2, 0.25) is 5.91 Å². The maximum atomic E-state index is 12.3. The van der Waals surface area contributed by atoms with E-state index in [1.165, 1.54) is 6.42 Å². The lowest BCUT2D eigenvalue weighted by Crippen LogP contribution is -2.37. The third-order valence-corrected chi connectivity index (χ3v) is 5.00. The molecular formula is C14H21ClN2OS. The van der Waals surface area contributed by atoms with Crippen LogP contribution in [-0.4, -0.2) is 28.9 Å². The summed E-state index contributed by atoms with van der Waals surface area (Å²) in [4.78, 5) is 18.7. The van der Waals surface area contributed by atoms with Crippen LogP contribution >= 0.6 is 22.9 Å². The number of halogens is 1. The Morgan fingerprint density at radius 1 is 1.37 bits per heavy atom. The minimum atomic E-state index is -0.634. The largest absolute Gasteiger partial charge is 0.341 e. The fourth-order valence-electron chi connectivity index (χ4n) is 2.15. The fourth-order valence-corrected chi connectivity index (χ4v) is 3.41. The number of carbonyl (C=O) groups is 1. The Bertz CT molecular complexity index is 447. The van der Waals surface area contributed by atoms with Gasteiger partial charge in [-0.1, -0.05) is 20.8 Å². The molecule has 2 rings (SSSR count). The normalized spacial score (nSPS) is 18.4. The molecule has 0 aromatic carbocycles. The molecule has 1 aliphatic rings. The van der Waals surface area contributed by atoms with Crippen LogP contribution in [0.4, 0.5) is 0 Å². The zero-order valence-electron chi connectivity index (χ0n) is 11.8. The van der Waals surface area contributed by atoms with Crippen LogP contribution in [0.15, 0.2) is 5.38 Å². The van der Waals surface area contributed by atoms with Crippen LogP contribution in [0.3, 0.4) is 0 Å². The Balaban J connectivity index is 2.08. The van der Waals surface area contributed by atoms with Crippen molar-refractivity contribution in [1.29, 1.82) is 0 Å². The summed E-state index contributed by atoms with van der Waals surface area (Å²) in [7, 11) is 0. The van der Waals surface area contributed by atoms with Gasteiger partial charge >= 0.3 is 0 Å². The van der Waals surface area contributed by atoms with E-state index >= 15 is 0 Å². The average Bonchev–Trinajstić information content (AvgIpc) is 2.87. The number of carbonyl (C=O) groups excluding carboxylic acids is 1.